The van der Waals surface area contributed by atoms with E-state index in [2.05, 4.69) is 28.2 Å². The van der Waals surface area contributed by atoms with Crippen LogP contribution in [0.4, 0.5) is 4.39 Å². The fourth-order valence-electron chi connectivity index (χ4n) is 2.76. The molecular formula is C15H21BrFN. The van der Waals surface area contributed by atoms with Gasteiger partial charge in [0.15, 0.2) is 0 Å². The lowest BCUT2D eigenvalue weighted by Gasteiger charge is -2.29. The molecule has 0 spiro atoms. The van der Waals surface area contributed by atoms with E-state index in [4.69, 9.17) is 0 Å². The predicted octanol–water partition coefficient (Wildman–Crippen LogP) is 4.65. The van der Waals surface area contributed by atoms with Crippen molar-refractivity contribution in [2.75, 3.05) is 0 Å². The molecule has 1 N–H and O–H groups in total. The van der Waals surface area contributed by atoms with Gasteiger partial charge in [-0.25, -0.2) is 4.39 Å². The fraction of sp³-hybridized carbons (Fsp3) is 0.600. The highest BCUT2D eigenvalue weighted by molar-refractivity contribution is 9.10. The van der Waals surface area contributed by atoms with Gasteiger partial charge in [0.2, 0.25) is 0 Å². The van der Waals surface area contributed by atoms with Gasteiger partial charge in [-0.15, -0.1) is 0 Å². The second-order valence-corrected chi connectivity index (χ2v) is 6.12. The van der Waals surface area contributed by atoms with E-state index in [1.165, 1.54) is 32.1 Å². The first kappa shape index (κ1) is 14.0. The third-order valence-corrected chi connectivity index (χ3v) is 4.58. The summed E-state index contributed by atoms with van der Waals surface area (Å²) in [6, 6.07) is 5.97. The van der Waals surface area contributed by atoms with Crippen LogP contribution in [0.2, 0.25) is 0 Å². The summed E-state index contributed by atoms with van der Waals surface area (Å²) >= 11 is 3.18. The van der Waals surface area contributed by atoms with Crippen LogP contribution in [-0.2, 0) is 6.54 Å². The van der Waals surface area contributed by atoms with Crippen molar-refractivity contribution in [2.45, 2.75) is 51.6 Å². The van der Waals surface area contributed by atoms with Crippen LogP contribution in [0.3, 0.4) is 0 Å². The van der Waals surface area contributed by atoms with Crippen molar-refractivity contribution in [3.05, 3.63) is 34.1 Å². The Kier molecular flexibility index (Phi) is 5.19. The molecule has 0 bridgehead atoms. The Bertz CT molecular complexity index is 394. The minimum Gasteiger partial charge on any atom is -0.310 e. The molecule has 1 nitrogen and oxygen atoms in total. The van der Waals surface area contributed by atoms with Crippen LogP contribution in [-0.4, -0.2) is 6.04 Å². The molecule has 0 amide bonds. The van der Waals surface area contributed by atoms with Gasteiger partial charge >= 0.3 is 0 Å². The van der Waals surface area contributed by atoms with Crippen LogP contribution in [0, 0.1) is 11.7 Å². The topological polar surface area (TPSA) is 12.0 Å². The second-order valence-electron chi connectivity index (χ2n) is 5.27. The summed E-state index contributed by atoms with van der Waals surface area (Å²) in [5.41, 5.74) is 1.02. The number of hydrogen-bond acceptors (Lipinski definition) is 1. The molecule has 18 heavy (non-hydrogen) atoms. The first-order valence-electron chi connectivity index (χ1n) is 6.86. The maximum Gasteiger partial charge on any atom is 0.137 e. The number of hydrogen-bond donors (Lipinski definition) is 1. The molecule has 2 unspecified atom stereocenters. The Morgan fingerprint density at radius 3 is 2.94 bits per heavy atom. The molecule has 1 aromatic carbocycles. The molecule has 1 aliphatic carbocycles. The Balaban J connectivity index is 1.85. The van der Waals surface area contributed by atoms with Gasteiger partial charge in [-0.05, 0) is 52.4 Å². The van der Waals surface area contributed by atoms with Crippen LogP contribution < -0.4 is 5.32 Å². The van der Waals surface area contributed by atoms with E-state index in [1.807, 2.05) is 6.07 Å². The van der Waals surface area contributed by atoms with Gasteiger partial charge in [-0.3, -0.25) is 0 Å². The Labute approximate surface area is 117 Å². The van der Waals surface area contributed by atoms with Crippen molar-refractivity contribution < 1.29 is 4.39 Å². The highest BCUT2D eigenvalue weighted by Crippen LogP contribution is 2.26. The van der Waals surface area contributed by atoms with Gasteiger partial charge in [0.1, 0.15) is 5.82 Å². The first-order chi connectivity index (χ1) is 8.69. The lowest BCUT2D eigenvalue weighted by atomic mass is 9.84. The summed E-state index contributed by atoms with van der Waals surface area (Å²) in [5.74, 6) is 0.697. The average molecular weight is 314 g/mol. The quantitative estimate of drug-likeness (QED) is 0.853. The van der Waals surface area contributed by atoms with E-state index in [0.29, 0.717) is 10.5 Å². The van der Waals surface area contributed by atoms with Gasteiger partial charge in [-0.1, -0.05) is 32.3 Å². The van der Waals surface area contributed by atoms with E-state index in [-0.39, 0.29) is 5.82 Å². The molecule has 0 heterocycles. The molecule has 2 atom stereocenters. The van der Waals surface area contributed by atoms with Gasteiger partial charge in [0.25, 0.3) is 0 Å². The van der Waals surface area contributed by atoms with Crippen molar-refractivity contribution in [1.82, 2.24) is 5.32 Å². The largest absolute Gasteiger partial charge is 0.310 e. The Morgan fingerprint density at radius 1 is 1.39 bits per heavy atom. The summed E-state index contributed by atoms with van der Waals surface area (Å²) in [6.07, 6.45) is 6.52. The van der Waals surface area contributed by atoms with E-state index >= 15 is 0 Å². The van der Waals surface area contributed by atoms with Gasteiger partial charge in [-0.2, -0.15) is 0 Å². The minimum atomic E-state index is -0.177. The lowest BCUT2D eigenvalue weighted by Crippen LogP contribution is -2.33. The highest BCUT2D eigenvalue weighted by atomic mass is 79.9. The van der Waals surface area contributed by atoms with Crippen molar-refractivity contribution in [2.24, 2.45) is 5.92 Å². The van der Waals surface area contributed by atoms with Crippen molar-refractivity contribution in [3.63, 3.8) is 0 Å². The average Bonchev–Trinajstić information content (AvgIpc) is 2.40. The Morgan fingerprint density at radius 2 is 2.22 bits per heavy atom. The number of halogens is 2. The van der Waals surface area contributed by atoms with Crippen LogP contribution in [0.25, 0.3) is 0 Å². The first-order valence-corrected chi connectivity index (χ1v) is 7.65. The van der Waals surface area contributed by atoms with E-state index in [0.717, 1.165) is 18.0 Å². The van der Waals surface area contributed by atoms with Crippen molar-refractivity contribution in [1.29, 1.82) is 0 Å². The molecular weight excluding hydrogens is 293 g/mol. The zero-order valence-corrected chi connectivity index (χ0v) is 12.5. The van der Waals surface area contributed by atoms with Gasteiger partial charge in [0, 0.05) is 12.6 Å². The molecule has 0 aliphatic heterocycles. The summed E-state index contributed by atoms with van der Waals surface area (Å²) in [7, 11) is 0. The highest BCUT2D eigenvalue weighted by Gasteiger charge is 2.20. The molecule has 0 radical (unpaired) electrons. The smallest absolute Gasteiger partial charge is 0.137 e. The molecule has 1 aliphatic rings. The molecule has 1 fully saturated rings. The van der Waals surface area contributed by atoms with Crippen molar-refractivity contribution >= 4 is 15.9 Å². The van der Waals surface area contributed by atoms with Crippen LogP contribution in [0.15, 0.2) is 22.7 Å². The molecule has 3 heteroatoms. The number of rotatable bonds is 4. The molecule has 100 valence electrons. The van der Waals surface area contributed by atoms with Gasteiger partial charge < -0.3 is 5.32 Å². The molecule has 1 saturated carbocycles. The lowest BCUT2D eigenvalue weighted by molar-refractivity contribution is 0.278. The Hall–Kier alpha value is -0.410. The SMILES string of the molecule is CCC1CCCC(NCc2ccc(Br)c(F)c2)C1. The molecule has 1 aromatic rings. The predicted molar refractivity (Wildman–Crippen MR) is 77.0 cm³/mol. The number of nitrogens with one attached hydrogen (secondary N) is 1. The zero-order valence-electron chi connectivity index (χ0n) is 10.9. The molecule has 0 saturated heterocycles. The normalized spacial score (nSPS) is 24.2. The third kappa shape index (κ3) is 3.79. The summed E-state index contributed by atoms with van der Waals surface area (Å²) < 4.78 is 13.9. The maximum atomic E-state index is 13.4. The van der Waals surface area contributed by atoms with E-state index < -0.39 is 0 Å². The fourth-order valence-corrected chi connectivity index (χ4v) is 3.01. The standard InChI is InChI=1S/C15H21BrFN/c1-2-11-4-3-5-13(8-11)18-10-12-6-7-14(16)15(17)9-12/h6-7,9,11,13,18H,2-5,8,10H2,1H3. The summed E-state index contributed by atoms with van der Waals surface area (Å²) in [6.45, 7) is 3.04. The summed E-state index contributed by atoms with van der Waals surface area (Å²) in [5, 5.41) is 3.57. The maximum absolute atomic E-state index is 13.4. The van der Waals surface area contributed by atoms with Gasteiger partial charge in [0.05, 0.1) is 4.47 Å². The second kappa shape index (κ2) is 6.67. The van der Waals surface area contributed by atoms with Crippen LogP contribution in [0.1, 0.15) is 44.6 Å². The molecule has 2 rings (SSSR count). The van der Waals surface area contributed by atoms with Crippen LogP contribution >= 0.6 is 15.9 Å². The van der Waals surface area contributed by atoms with Crippen LogP contribution in [0.5, 0.6) is 0 Å². The zero-order chi connectivity index (χ0) is 13.0. The minimum absolute atomic E-state index is 0.177. The molecule has 0 aromatic heterocycles. The van der Waals surface area contributed by atoms with E-state index in [1.54, 1.807) is 12.1 Å². The van der Waals surface area contributed by atoms with E-state index in [9.17, 15) is 4.39 Å². The monoisotopic (exact) mass is 313 g/mol. The summed E-state index contributed by atoms with van der Waals surface area (Å²) in [4.78, 5) is 0. The third-order valence-electron chi connectivity index (χ3n) is 3.94. The number of benzene rings is 1. The van der Waals surface area contributed by atoms with Crippen molar-refractivity contribution in [3.8, 4) is 0 Å².